The number of hydrogen-bond donors (Lipinski definition) is 1. The molecule has 1 N–H and O–H groups in total. The molecule has 1 aliphatic rings. The Kier molecular flexibility index (Phi) is 6.05. The van der Waals surface area contributed by atoms with Crippen molar-refractivity contribution in [1.82, 2.24) is 20.1 Å². The van der Waals surface area contributed by atoms with Crippen molar-refractivity contribution in [2.75, 3.05) is 5.75 Å². The van der Waals surface area contributed by atoms with E-state index in [1.807, 2.05) is 34.9 Å². The number of nitrogens with zero attached hydrogens (tertiary/aromatic N) is 4. The third-order valence-electron chi connectivity index (χ3n) is 5.37. The predicted molar refractivity (Wildman–Crippen MR) is 117 cm³/mol. The first-order valence-electron chi connectivity index (χ1n) is 10.1. The topological polar surface area (TPSA) is 83.6 Å². The number of thioether (sulfide) groups is 1. The van der Waals surface area contributed by atoms with Crippen LogP contribution in [0.2, 0.25) is 0 Å². The molecule has 0 spiro atoms. The Morgan fingerprint density at radius 1 is 1.23 bits per heavy atom. The van der Waals surface area contributed by atoms with Crippen molar-refractivity contribution in [3.05, 3.63) is 66.0 Å². The lowest BCUT2D eigenvalue weighted by atomic mass is 9.98. The van der Waals surface area contributed by atoms with Crippen LogP contribution in [-0.2, 0) is 11.3 Å². The fourth-order valence-electron chi connectivity index (χ4n) is 3.48. The van der Waals surface area contributed by atoms with Gasteiger partial charge >= 0.3 is 0 Å². The van der Waals surface area contributed by atoms with E-state index in [-0.39, 0.29) is 23.4 Å². The number of carbonyl (C=O) groups is 1. The van der Waals surface area contributed by atoms with Gasteiger partial charge in [0.2, 0.25) is 5.91 Å². The highest BCUT2D eigenvalue weighted by Gasteiger charge is 2.43. The number of nitrogens with one attached hydrogen (secondary N) is 1. The van der Waals surface area contributed by atoms with Crippen molar-refractivity contribution >= 4 is 17.7 Å². The fraction of sp³-hybridized carbons (Fsp3) is 0.304. The van der Waals surface area contributed by atoms with Crippen LogP contribution in [0.3, 0.4) is 0 Å². The van der Waals surface area contributed by atoms with E-state index in [1.54, 1.807) is 25.1 Å². The van der Waals surface area contributed by atoms with Crippen LogP contribution in [0.1, 0.15) is 25.3 Å². The summed E-state index contributed by atoms with van der Waals surface area (Å²) in [6.45, 7) is 2.21. The number of carbonyl (C=O) groups excluding carboxylic acids is 1. The highest BCUT2D eigenvalue weighted by molar-refractivity contribution is 7.99. The first-order valence-corrected chi connectivity index (χ1v) is 11.1. The quantitative estimate of drug-likeness (QED) is 0.540. The molecule has 1 fully saturated rings. The lowest BCUT2D eigenvalue weighted by Gasteiger charge is -2.22. The maximum absolute atomic E-state index is 14.4. The van der Waals surface area contributed by atoms with Crippen molar-refractivity contribution in [2.45, 2.75) is 37.0 Å². The number of amides is 1. The minimum atomic E-state index is -0.840. The summed E-state index contributed by atoms with van der Waals surface area (Å²) in [4.78, 5) is 12.5. The molecule has 0 saturated heterocycles. The molecular weight excluding hydrogens is 413 g/mol. The molecule has 1 heterocycles. The molecule has 3 aromatic rings. The Bertz CT molecular complexity index is 1120. The third-order valence-corrected chi connectivity index (χ3v) is 6.34. The lowest BCUT2D eigenvalue weighted by molar-refractivity contribution is -0.119. The molecule has 4 rings (SSSR count). The smallest absolute Gasteiger partial charge is 0.231 e. The lowest BCUT2D eigenvalue weighted by Crippen LogP contribution is -2.47. The third kappa shape index (κ3) is 4.78. The minimum absolute atomic E-state index is 0.0915. The molecule has 1 saturated carbocycles. The number of halogens is 1. The van der Waals surface area contributed by atoms with Gasteiger partial charge in [-0.05, 0) is 43.4 Å². The Morgan fingerprint density at radius 3 is 2.61 bits per heavy atom. The SMILES string of the molecule is CC(C#N)(NC(=O)CSc1nnc(-c2ccccc2F)n1Cc1ccccc1)C1CC1. The molecule has 2 aromatic carbocycles. The van der Waals surface area contributed by atoms with Gasteiger partial charge in [-0.3, -0.25) is 9.36 Å². The summed E-state index contributed by atoms with van der Waals surface area (Å²) >= 11 is 1.22. The van der Waals surface area contributed by atoms with Gasteiger partial charge in [-0.15, -0.1) is 10.2 Å². The van der Waals surface area contributed by atoms with Crippen LogP contribution < -0.4 is 5.32 Å². The van der Waals surface area contributed by atoms with E-state index in [2.05, 4.69) is 21.6 Å². The van der Waals surface area contributed by atoms with Crippen molar-refractivity contribution in [3.8, 4) is 17.5 Å². The summed E-state index contributed by atoms with van der Waals surface area (Å²) in [6.07, 6.45) is 1.91. The Balaban J connectivity index is 1.56. The molecule has 1 amide bonds. The zero-order valence-electron chi connectivity index (χ0n) is 17.1. The van der Waals surface area contributed by atoms with Crippen LogP contribution in [0, 0.1) is 23.1 Å². The van der Waals surface area contributed by atoms with Gasteiger partial charge in [0.05, 0.1) is 23.9 Å². The van der Waals surface area contributed by atoms with Crippen molar-refractivity contribution in [2.24, 2.45) is 5.92 Å². The van der Waals surface area contributed by atoms with Gasteiger partial charge in [0.25, 0.3) is 0 Å². The molecular formula is C23H22FN5OS. The molecule has 0 aliphatic heterocycles. The number of benzene rings is 2. The molecule has 158 valence electrons. The summed E-state index contributed by atoms with van der Waals surface area (Å²) < 4.78 is 16.3. The first kappa shape index (κ1) is 21.1. The molecule has 6 nitrogen and oxygen atoms in total. The van der Waals surface area contributed by atoms with E-state index in [0.717, 1.165) is 18.4 Å². The molecule has 1 atom stereocenters. The van der Waals surface area contributed by atoms with E-state index in [4.69, 9.17) is 0 Å². The van der Waals surface area contributed by atoms with Gasteiger partial charge in [-0.2, -0.15) is 5.26 Å². The monoisotopic (exact) mass is 435 g/mol. The number of nitriles is 1. The summed E-state index contributed by atoms with van der Waals surface area (Å²) in [5.41, 5.74) is 0.526. The van der Waals surface area contributed by atoms with Gasteiger partial charge in [0.15, 0.2) is 11.0 Å². The van der Waals surface area contributed by atoms with Crippen LogP contribution >= 0.6 is 11.8 Å². The first-order chi connectivity index (χ1) is 15.0. The molecule has 1 unspecified atom stereocenters. The van der Waals surface area contributed by atoms with E-state index >= 15 is 0 Å². The second-order valence-corrected chi connectivity index (χ2v) is 8.73. The van der Waals surface area contributed by atoms with Crippen LogP contribution in [-0.4, -0.2) is 32.0 Å². The highest BCUT2D eigenvalue weighted by Crippen LogP contribution is 2.39. The minimum Gasteiger partial charge on any atom is -0.337 e. The summed E-state index contributed by atoms with van der Waals surface area (Å²) in [7, 11) is 0. The van der Waals surface area contributed by atoms with E-state index in [0.29, 0.717) is 23.1 Å². The molecule has 0 radical (unpaired) electrons. The van der Waals surface area contributed by atoms with Crippen molar-refractivity contribution < 1.29 is 9.18 Å². The molecule has 0 bridgehead atoms. The van der Waals surface area contributed by atoms with E-state index < -0.39 is 5.54 Å². The Labute approximate surface area is 184 Å². The van der Waals surface area contributed by atoms with E-state index in [1.165, 1.54) is 17.8 Å². The molecule has 1 aromatic heterocycles. The van der Waals surface area contributed by atoms with E-state index in [9.17, 15) is 14.4 Å². The average Bonchev–Trinajstić information content (AvgIpc) is 3.57. The summed E-state index contributed by atoms with van der Waals surface area (Å²) in [5.74, 6) is 0.0923. The number of aromatic nitrogens is 3. The van der Waals surface area contributed by atoms with Crippen LogP contribution in [0.25, 0.3) is 11.4 Å². The second kappa shape index (κ2) is 8.90. The van der Waals surface area contributed by atoms with Gasteiger partial charge in [-0.25, -0.2) is 4.39 Å². The van der Waals surface area contributed by atoms with Crippen molar-refractivity contribution in [1.29, 1.82) is 5.26 Å². The van der Waals surface area contributed by atoms with Crippen LogP contribution in [0.5, 0.6) is 0 Å². The predicted octanol–water partition coefficient (Wildman–Crippen LogP) is 4.03. The maximum atomic E-state index is 14.4. The van der Waals surface area contributed by atoms with Gasteiger partial charge in [0.1, 0.15) is 11.4 Å². The van der Waals surface area contributed by atoms with Gasteiger partial charge < -0.3 is 5.32 Å². The highest BCUT2D eigenvalue weighted by atomic mass is 32.2. The molecule has 1 aliphatic carbocycles. The summed E-state index contributed by atoms with van der Waals surface area (Å²) in [5, 5.41) is 21.3. The zero-order valence-corrected chi connectivity index (χ0v) is 17.9. The second-order valence-electron chi connectivity index (χ2n) is 7.78. The molecule has 8 heteroatoms. The standard InChI is InChI=1S/C23H22FN5OS/c1-23(15-25,17-11-12-17)26-20(30)14-31-22-28-27-21(18-9-5-6-10-19(18)24)29(22)13-16-7-3-2-4-8-16/h2-10,17H,11-14H2,1H3,(H,26,30). The van der Waals surface area contributed by atoms with Crippen molar-refractivity contribution in [3.63, 3.8) is 0 Å². The normalized spacial score (nSPS) is 15.1. The molecule has 31 heavy (non-hydrogen) atoms. The van der Waals surface area contributed by atoms with Crippen LogP contribution in [0.15, 0.2) is 59.8 Å². The maximum Gasteiger partial charge on any atom is 0.231 e. The fourth-order valence-corrected chi connectivity index (χ4v) is 4.22. The average molecular weight is 436 g/mol. The number of rotatable bonds is 8. The Hall–Kier alpha value is -3.18. The van der Waals surface area contributed by atoms with Gasteiger partial charge in [0, 0.05) is 0 Å². The summed E-state index contributed by atoms with van der Waals surface area (Å²) in [6, 6.07) is 18.4. The number of hydrogen-bond acceptors (Lipinski definition) is 5. The zero-order chi connectivity index (χ0) is 21.8. The van der Waals surface area contributed by atoms with Gasteiger partial charge in [-0.1, -0.05) is 54.2 Å². The largest absolute Gasteiger partial charge is 0.337 e. The Morgan fingerprint density at radius 2 is 1.94 bits per heavy atom. The van der Waals surface area contributed by atoms with Crippen LogP contribution in [0.4, 0.5) is 4.39 Å².